The molecular formula is C22H29N2O3+. The van der Waals surface area contributed by atoms with Crippen LogP contribution in [0.25, 0.3) is 0 Å². The number of methoxy groups -OCH3 is 2. The third kappa shape index (κ3) is 4.42. The van der Waals surface area contributed by atoms with Gasteiger partial charge in [0.25, 0.3) is 5.91 Å². The van der Waals surface area contributed by atoms with Gasteiger partial charge in [0.15, 0.2) is 6.04 Å². The first kappa shape index (κ1) is 19.2. The molecule has 1 amide bonds. The zero-order valence-corrected chi connectivity index (χ0v) is 16.4. The van der Waals surface area contributed by atoms with Crippen LogP contribution in [0.4, 0.5) is 0 Å². The van der Waals surface area contributed by atoms with E-state index >= 15 is 0 Å². The van der Waals surface area contributed by atoms with Gasteiger partial charge in [0.2, 0.25) is 0 Å². The van der Waals surface area contributed by atoms with Crippen LogP contribution in [0.5, 0.6) is 11.5 Å². The summed E-state index contributed by atoms with van der Waals surface area (Å²) in [4.78, 5) is 16.4. The highest BCUT2D eigenvalue weighted by atomic mass is 16.5. The van der Waals surface area contributed by atoms with E-state index in [1.54, 1.807) is 14.2 Å². The van der Waals surface area contributed by atoms with Crippen molar-refractivity contribution in [1.29, 1.82) is 0 Å². The van der Waals surface area contributed by atoms with Crippen LogP contribution in [0.2, 0.25) is 0 Å². The van der Waals surface area contributed by atoms with E-state index in [2.05, 4.69) is 7.05 Å². The number of nitrogens with zero attached hydrogens (tertiary/aromatic N) is 1. The van der Waals surface area contributed by atoms with Gasteiger partial charge in [-0.2, -0.15) is 0 Å². The Kier molecular flexibility index (Phi) is 6.35. The smallest absolute Gasteiger partial charge is 0.285 e. The molecule has 0 bridgehead atoms. The number of carbonyl (C=O) groups is 1. The van der Waals surface area contributed by atoms with E-state index in [0.29, 0.717) is 6.54 Å². The van der Waals surface area contributed by atoms with Crippen molar-refractivity contribution in [2.24, 2.45) is 0 Å². The standard InChI is InChI=1S/C22H28N2O3/c1-23(16-18-11-12-19(26-2)15-20(18)27-3)21(17-9-5-4-6-10-17)22(25)24-13-7-8-14-24/h4-6,9-12,15,21H,7-8,13-14,16H2,1-3H3/p+1/t21-/m1/s1. The molecule has 5 heteroatoms. The van der Waals surface area contributed by atoms with Crippen LogP contribution < -0.4 is 14.4 Å². The zero-order valence-electron chi connectivity index (χ0n) is 16.4. The van der Waals surface area contributed by atoms with E-state index in [-0.39, 0.29) is 11.9 Å². The number of likely N-dealkylation sites (tertiary alicyclic amines) is 1. The lowest BCUT2D eigenvalue weighted by Gasteiger charge is -2.28. The second-order valence-electron chi connectivity index (χ2n) is 7.08. The molecular weight excluding hydrogens is 340 g/mol. The first-order valence-electron chi connectivity index (χ1n) is 9.51. The highest BCUT2D eigenvalue weighted by Gasteiger charge is 2.34. The second-order valence-corrected chi connectivity index (χ2v) is 7.08. The Morgan fingerprint density at radius 3 is 2.41 bits per heavy atom. The lowest BCUT2D eigenvalue weighted by molar-refractivity contribution is -0.916. The monoisotopic (exact) mass is 369 g/mol. The van der Waals surface area contributed by atoms with Gasteiger partial charge in [-0.15, -0.1) is 0 Å². The summed E-state index contributed by atoms with van der Waals surface area (Å²) in [7, 11) is 5.39. The van der Waals surface area contributed by atoms with Gasteiger partial charge in [0.05, 0.1) is 21.3 Å². The van der Waals surface area contributed by atoms with Gasteiger partial charge >= 0.3 is 0 Å². The fraction of sp³-hybridized carbons (Fsp3) is 0.409. The SMILES string of the molecule is COc1ccc(C[NH+](C)[C@@H](C(=O)N2CCCC2)c2ccccc2)c(OC)c1. The molecule has 2 aromatic rings. The van der Waals surface area contributed by atoms with Crippen LogP contribution in [-0.4, -0.2) is 45.2 Å². The highest BCUT2D eigenvalue weighted by Crippen LogP contribution is 2.24. The van der Waals surface area contributed by atoms with E-state index < -0.39 is 0 Å². The fourth-order valence-electron chi connectivity index (χ4n) is 3.80. The van der Waals surface area contributed by atoms with Gasteiger partial charge in [-0.25, -0.2) is 0 Å². The average molecular weight is 369 g/mol. The van der Waals surface area contributed by atoms with Gasteiger partial charge in [-0.05, 0) is 25.0 Å². The maximum Gasteiger partial charge on any atom is 0.285 e. The van der Waals surface area contributed by atoms with Crippen LogP contribution in [0.15, 0.2) is 48.5 Å². The molecule has 1 saturated heterocycles. The van der Waals surface area contributed by atoms with E-state index in [9.17, 15) is 4.79 Å². The minimum Gasteiger partial charge on any atom is -0.497 e. The van der Waals surface area contributed by atoms with E-state index in [1.807, 2.05) is 53.4 Å². The Bertz CT molecular complexity index is 757. The summed E-state index contributed by atoms with van der Waals surface area (Å²) in [6.07, 6.45) is 2.19. The number of ether oxygens (including phenoxy) is 2. The van der Waals surface area contributed by atoms with Crippen molar-refractivity contribution < 1.29 is 19.2 Å². The molecule has 1 heterocycles. The summed E-state index contributed by atoms with van der Waals surface area (Å²) in [5, 5.41) is 0. The third-order valence-electron chi connectivity index (χ3n) is 5.25. The average Bonchev–Trinajstić information content (AvgIpc) is 3.24. The van der Waals surface area contributed by atoms with Crippen LogP contribution in [0, 0.1) is 0 Å². The Labute approximate surface area is 161 Å². The Morgan fingerprint density at radius 2 is 1.78 bits per heavy atom. The highest BCUT2D eigenvalue weighted by molar-refractivity contribution is 5.82. The molecule has 1 aliphatic rings. The molecule has 144 valence electrons. The van der Waals surface area contributed by atoms with Crippen molar-refractivity contribution in [3.05, 3.63) is 59.7 Å². The van der Waals surface area contributed by atoms with Gasteiger partial charge in [-0.1, -0.05) is 30.3 Å². The molecule has 1 fully saturated rings. The first-order valence-corrected chi connectivity index (χ1v) is 9.51. The van der Waals surface area contributed by atoms with E-state index in [4.69, 9.17) is 9.47 Å². The molecule has 1 N–H and O–H groups in total. The van der Waals surface area contributed by atoms with Crippen LogP contribution in [0.1, 0.15) is 30.0 Å². The van der Waals surface area contributed by atoms with Gasteiger partial charge in [0.1, 0.15) is 18.0 Å². The number of quaternary nitrogens is 1. The van der Waals surface area contributed by atoms with Crippen LogP contribution in [0.3, 0.4) is 0 Å². The van der Waals surface area contributed by atoms with E-state index in [0.717, 1.165) is 53.5 Å². The number of benzene rings is 2. The lowest BCUT2D eigenvalue weighted by Crippen LogP contribution is -3.09. The van der Waals surface area contributed by atoms with Gasteiger partial charge in [0, 0.05) is 30.3 Å². The lowest BCUT2D eigenvalue weighted by atomic mass is 10.0. The number of amides is 1. The summed E-state index contributed by atoms with van der Waals surface area (Å²) in [5.74, 6) is 1.76. The summed E-state index contributed by atoms with van der Waals surface area (Å²) >= 11 is 0. The largest absolute Gasteiger partial charge is 0.497 e. The number of likely N-dealkylation sites (N-methyl/N-ethyl adjacent to an activating group) is 1. The Hall–Kier alpha value is -2.53. The fourth-order valence-corrected chi connectivity index (χ4v) is 3.80. The van der Waals surface area contributed by atoms with E-state index in [1.165, 1.54) is 0 Å². The molecule has 2 atom stereocenters. The normalized spacial score (nSPS) is 16.0. The summed E-state index contributed by atoms with van der Waals surface area (Å²) < 4.78 is 10.8. The molecule has 0 spiro atoms. The maximum absolute atomic E-state index is 13.3. The second kappa shape index (κ2) is 8.91. The van der Waals surface area contributed by atoms with Gasteiger partial charge in [-0.3, -0.25) is 4.79 Å². The number of rotatable bonds is 7. The molecule has 27 heavy (non-hydrogen) atoms. The topological polar surface area (TPSA) is 43.2 Å². The number of hydrogen-bond donors (Lipinski definition) is 1. The quantitative estimate of drug-likeness (QED) is 0.813. The van der Waals surface area contributed by atoms with Crippen molar-refractivity contribution >= 4 is 5.91 Å². The Morgan fingerprint density at radius 1 is 1.07 bits per heavy atom. The predicted octanol–water partition coefficient (Wildman–Crippen LogP) is 2.08. The van der Waals surface area contributed by atoms with Crippen molar-refractivity contribution in [3.63, 3.8) is 0 Å². The van der Waals surface area contributed by atoms with Crippen molar-refractivity contribution in [2.45, 2.75) is 25.4 Å². The zero-order chi connectivity index (χ0) is 19.2. The predicted molar refractivity (Wildman–Crippen MR) is 105 cm³/mol. The molecule has 1 aliphatic heterocycles. The maximum atomic E-state index is 13.3. The summed E-state index contributed by atoms with van der Waals surface area (Å²) in [5.41, 5.74) is 2.12. The summed E-state index contributed by atoms with van der Waals surface area (Å²) in [6, 6.07) is 15.7. The number of hydrogen-bond acceptors (Lipinski definition) is 3. The molecule has 5 nitrogen and oxygen atoms in total. The minimum atomic E-state index is -0.226. The molecule has 0 aromatic heterocycles. The van der Waals surface area contributed by atoms with Crippen molar-refractivity contribution in [2.75, 3.05) is 34.4 Å². The Balaban J connectivity index is 1.87. The van der Waals surface area contributed by atoms with Crippen LogP contribution in [-0.2, 0) is 11.3 Å². The first-order chi connectivity index (χ1) is 13.1. The third-order valence-corrected chi connectivity index (χ3v) is 5.25. The van der Waals surface area contributed by atoms with Crippen LogP contribution >= 0.6 is 0 Å². The molecule has 3 rings (SSSR count). The van der Waals surface area contributed by atoms with Crippen molar-refractivity contribution in [1.82, 2.24) is 4.90 Å². The van der Waals surface area contributed by atoms with Gasteiger partial charge < -0.3 is 19.3 Å². The van der Waals surface area contributed by atoms with Crippen molar-refractivity contribution in [3.8, 4) is 11.5 Å². The molecule has 0 saturated carbocycles. The number of nitrogens with one attached hydrogen (secondary N) is 1. The molecule has 0 radical (unpaired) electrons. The molecule has 2 aromatic carbocycles. The number of carbonyl (C=O) groups excluding carboxylic acids is 1. The molecule has 0 aliphatic carbocycles. The molecule has 1 unspecified atom stereocenters. The summed E-state index contributed by atoms with van der Waals surface area (Å²) in [6.45, 7) is 2.41. The minimum absolute atomic E-state index is 0.212.